The summed E-state index contributed by atoms with van der Waals surface area (Å²) in [6, 6.07) is 3.31. The number of hydrogen-bond acceptors (Lipinski definition) is 3. The van der Waals surface area contributed by atoms with Gasteiger partial charge in [0.15, 0.2) is 5.78 Å². The first-order chi connectivity index (χ1) is 7.70. The molecule has 0 fully saturated rings. The molecule has 0 amide bonds. The summed E-state index contributed by atoms with van der Waals surface area (Å²) in [5.74, 6) is -0.812. The topological polar surface area (TPSA) is 37.3 Å². The molecule has 0 aliphatic rings. The van der Waals surface area contributed by atoms with Crippen LogP contribution in [-0.2, 0) is 4.79 Å². The fraction of sp³-hybridized carbons (Fsp3) is 0.300. The van der Waals surface area contributed by atoms with Crippen LogP contribution in [-0.4, -0.2) is 16.4 Å². The minimum atomic E-state index is -4.42. The SMILES string of the molecule is CC(=O)C(Cl)c1ccc(SC(F)(F)F)cc1O. The van der Waals surface area contributed by atoms with Gasteiger partial charge in [-0.25, -0.2) is 0 Å². The molecule has 7 heteroatoms. The molecular formula is C10H8ClF3O2S. The summed E-state index contributed by atoms with van der Waals surface area (Å²) in [5, 5.41) is 8.43. The van der Waals surface area contributed by atoms with Crippen LogP contribution in [0.2, 0.25) is 0 Å². The van der Waals surface area contributed by atoms with Crippen molar-refractivity contribution in [2.24, 2.45) is 0 Å². The summed E-state index contributed by atoms with van der Waals surface area (Å²) in [5.41, 5.74) is -4.32. The molecule has 1 aromatic carbocycles. The van der Waals surface area contributed by atoms with Gasteiger partial charge >= 0.3 is 5.51 Å². The minimum absolute atomic E-state index is 0.102. The van der Waals surface area contributed by atoms with Gasteiger partial charge in [-0.3, -0.25) is 4.79 Å². The van der Waals surface area contributed by atoms with E-state index in [0.29, 0.717) is 0 Å². The first-order valence-corrected chi connectivity index (χ1v) is 5.69. The highest BCUT2D eigenvalue weighted by molar-refractivity contribution is 8.00. The van der Waals surface area contributed by atoms with Gasteiger partial charge in [0.25, 0.3) is 0 Å². The van der Waals surface area contributed by atoms with Crippen molar-refractivity contribution in [1.29, 1.82) is 0 Å². The van der Waals surface area contributed by atoms with Crippen LogP contribution >= 0.6 is 23.4 Å². The average molecular weight is 285 g/mol. The number of thioether (sulfide) groups is 1. The van der Waals surface area contributed by atoms with Crippen molar-refractivity contribution in [2.45, 2.75) is 22.7 Å². The third kappa shape index (κ3) is 4.12. The van der Waals surface area contributed by atoms with Crippen molar-refractivity contribution in [3.63, 3.8) is 0 Å². The van der Waals surface area contributed by atoms with Crippen LogP contribution in [0.1, 0.15) is 17.9 Å². The number of phenols is 1. The van der Waals surface area contributed by atoms with E-state index >= 15 is 0 Å². The lowest BCUT2D eigenvalue weighted by Crippen LogP contribution is -2.03. The molecule has 1 N–H and O–H groups in total. The van der Waals surface area contributed by atoms with E-state index in [2.05, 4.69) is 0 Å². The normalized spacial score (nSPS) is 13.5. The van der Waals surface area contributed by atoms with Crippen molar-refractivity contribution in [2.75, 3.05) is 0 Å². The molecule has 0 radical (unpaired) electrons. The first kappa shape index (κ1) is 14.2. The smallest absolute Gasteiger partial charge is 0.446 e. The van der Waals surface area contributed by atoms with Crippen LogP contribution in [0.4, 0.5) is 13.2 Å². The van der Waals surface area contributed by atoms with Crippen LogP contribution < -0.4 is 0 Å². The van der Waals surface area contributed by atoms with E-state index in [1.54, 1.807) is 0 Å². The first-order valence-electron chi connectivity index (χ1n) is 4.44. The van der Waals surface area contributed by atoms with E-state index in [1.165, 1.54) is 13.0 Å². The van der Waals surface area contributed by atoms with Crippen molar-refractivity contribution in [1.82, 2.24) is 0 Å². The molecule has 2 nitrogen and oxygen atoms in total. The van der Waals surface area contributed by atoms with Crippen molar-refractivity contribution < 1.29 is 23.1 Å². The number of hydrogen-bond donors (Lipinski definition) is 1. The van der Waals surface area contributed by atoms with Crippen molar-refractivity contribution >= 4 is 29.1 Å². The predicted molar refractivity (Wildman–Crippen MR) is 59.3 cm³/mol. The average Bonchev–Trinajstić information content (AvgIpc) is 2.14. The molecule has 0 saturated carbocycles. The number of ketones is 1. The van der Waals surface area contributed by atoms with Gasteiger partial charge in [-0.1, -0.05) is 6.07 Å². The van der Waals surface area contributed by atoms with E-state index in [-0.39, 0.29) is 22.2 Å². The molecule has 1 unspecified atom stereocenters. The molecule has 0 aliphatic carbocycles. The Morgan fingerprint density at radius 1 is 1.47 bits per heavy atom. The Morgan fingerprint density at radius 2 is 2.06 bits per heavy atom. The van der Waals surface area contributed by atoms with Crippen LogP contribution in [0.15, 0.2) is 23.1 Å². The van der Waals surface area contributed by atoms with Gasteiger partial charge in [-0.2, -0.15) is 13.2 Å². The standard InChI is InChI=1S/C10H8ClF3O2S/c1-5(15)9(11)7-3-2-6(4-8(7)16)17-10(12,13)14/h2-4,9,16H,1H3. The quantitative estimate of drug-likeness (QED) is 0.676. The Hall–Kier alpha value is -0.880. The minimum Gasteiger partial charge on any atom is -0.508 e. The van der Waals surface area contributed by atoms with E-state index in [9.17, 15) is 23.1 Å². The largest absolute Gasteiger partial charge is 0.508 e. The van der Waals surface area contributed by atoms with Crippen LogP contribution in [0.5, 0.6) is 5.75 Å². The molecule has 0 spiro atoms. The number of Topliss-reactive ketones (excluding diaryl/α,β-unsaturated/α-hetero) is 1. The van der Waals surface area contributed by atoms with Gasteiger partial charge < -0.3 is 5.11 Å². The molecule has 0 bridgehead atoms. The van der Waals surface area contributed by atoms with Gasteiger partial charge in [-0.05, 0) is 30.8 Å². The fourth-order valence-corrected chi connectivity index (χ4v) is 1.91. The summed E-state index contributed by atoms with van der Waals surface area (Å²) in [4.78, 5) is 10.8. The van der Waals surface area contributed by atoms with E-state index in [4.69, 9.17) is 11.6 Å². The van der Waals surface area contributed by atoms with Gasteiger partial charge in [-0.15, -0.1) is 11.6 Å². The monoisotopic (exact) mass is 284 g/mol. The number of rotatable bonds is 3. The highest BCUT2D eigenvalue weighted by Gasteiger charge is 2.29. The number of halogens is 4. The van der Waals surface area contributed by atoms with E-state index in [1.807, 2.05) is 0 Å². The zero-order valence-electron chi connectivity index (χ0n) is 8.58. The lowest BCUT2D eigenvalue weighted by molar-refractivity contribution is -0.116. The molecule has 1 rings (SSSR count). The molecule has 0 aromatic heterocycles. The maximum absolute atomic E-state index is 12.1. The Balaban J connectivity index is 2.98. The lowest BCUT2D eigenvalue weighted by Gasteiger charge is -2.11. The summed E-state index contributed by atoms with van der Waals surface area (Å²) in [6.07, 6.45) is 0. The highest BCUT2D eigenvalue weighted by Crippen LogP contribution is 2.40. The maximum Gasteiger partial charge on any atom is 0.446 e. The van der Waals surface area contributed by atoms with Crippen molar-refractivity contribution in [3.05, 3.63) is 23.8 Å². The van der Waals surface area contributed by atoms with E-state index < -0.39 is 22.4 Å². The van der Waals surface area contributed by atoms with Crippen LogP contribution in [0.25, 0.3) is 0 Å². The summed E-state index contributed by atoms with van der Waals surface area (Å²) >= 11 is 5.35. The number of carbonyl (C=O) groups is 1. The molecule has 1 atom stereocenters. The summed E-state index contributed by atoms with van der Waals surface area (Å²) < 4.78 is 36.2. The van der Waals surface area contributed by atoms with E-state index in [0.717, 1.165) is 12.1 Å². The third-order valence-electron chi connectivity index (χ3n) is 1.87. The molecule has 17 heavy (non-hydrogen) atoms. The predicted octanol–water partition coefficient (Wildman–Crippen LogP) is 3.87. The Bertz CT molecular complexity index is 434. The van der Waals surface area contributed by atoms with Crippen LogP contribution in [0.3, 0.4) is 0 Å². The zero-order valence-corrected chi connectivity index (χ0v) is 10.2. The summed E-state index contributed by atoms with van der Waals surface area (Å²) in [7, 11) is 0. The number of alkyl halides is 4. The second kappa shape index (κ2) is 5.18. The molecule has 0 aliphatic heterocycles. The zero-order chi connectivity index (χ0) is 13.2. The lowest BCUT2D eigenvalue weighted by atomic mass is 10.1. The highest BCUT2D eigenvalue weighted by atomic mass is 35.5. The number of carbonyl (C=O) groups excluding carboxylic acids is 1. The third-order valence-corrected chi connectivity index (χ3v) is 3.13. The Morgan fingerprint density at radius 3 is 2.47 bits per heavy atom. The number of phenolic OH excluding ortho intramolecular Hbond substituents is 1. The van der Waals surface area contributed by atoms with Gasteiger partial charge in [0, 0.05) is 10.5 Å². The van der Waals surface area contributed by atoms with Gasteiger partial charge in [0.05, 0.1) is 0 Å². The maximum atomic E-state index is 12.1. The second-order valence-electron chi connectivity index (χ2n) is 3.24. The molecule has 0 heterocycles. The second-order valence-corrected chi connectivity index (χ2v) is 4.82. The Kier molecular flexibility index (Phi) is 4.32. The molecule has 1 aromatic rings. The summed E-state index contributed by atoms with van der Waals surface area (Å²) in [6.45, 7) is 1.23. The number of benzene rings is 1. The fourth-order valence-electron chi connectivity index (χ4n) is 1.15. The van der Waals surface area contributed by atoms with Crippen molar-refractivity contribution in [3.8, 4) is 5.75 Å². The van der Waals surface area contributed by atoms with Crippen LogP contribution in [0, 0.1) is 0 Å². The number of aromatic hydroxyl groups is 1. The molecule has 0 saturated heterocycles. The van der Waals surface area contributed by atoms with Gasteiger partial charge in [0.1, 0.15) is 11.1 Å². The Labute approximate surface area is 105 Å². The molecule has 94 valence electrons. The van der Waals surface area contributed by atoms with Gasteiger partial charge in [0.2, 0.25) is 0 Å². The molecular weight excluding hydrogens is 277 g/mol.